The summed E-state index contributed by atoms with van der Waals surface area (Å²) in [5.74, 6) is 0.800. The Kier molecular flexibility index (Phi) is 5.36. The van der Waals surface area contributed by atoms with Gasteiger partial charge in [0.05, 0.1) is 10.6 Å². The summed E-state index contributed by atoms with van der Waals surface area (Å²) in [6.07, 6.45) is 1.08. The van der Waals surface area contributed by atoms with Crippen molar-refractivity contribution in [1.29, 1.82) is 0 Å². The van der Waals surface area contributed by atoms with E-state index in [0.717, 1.165) is 23.1 Å². The van der Waals surface area contributed by atoms with Crippen molar-refractivity contribution in [3.63, 3.8) is 0 Å². The van der Waals surface area contributed by atoms with Crippen molar-refractivity contribution >= 4 is 34.3 Å². The number of amides is 1. The van der Waals surface area contributed by atoms with Crippen molar-refractivity contribution in [2.75, 3.05) is 5.32 Å². The summed E-state index contributed by atoms with van der Waals surface area (Å²) >= 11 is 6.09. The maximum atomic E-state index is 12.4. The molecule has 4 rings (SSSR count). The highest BCUT2D eigenvalue weighted by Gasteiger charge is 2.12. The normalized spacial score (nSPS) is 12.1. The van der Waals surface area contributed by atoms with Crippen molar-refractivity contribution < 1.29 is 9.21 Å². The summed E-state index contributed by atoms with van der Waals surface area (Å²) < 4.78 is 5.91. The lowest BCUT2D eigenvalue weighted by molar-refractivity contribution is 0.102. The Morgan fingerprint density at radius 3 is 2.59 bits per heavy atom. The molecule has 1 aromatic heterocycles. The molecule has 0 bridgehead atoms. The van der Waals surface area contributed by atoms with E-state index < -0.39 is 0 Å². The number of aromatic nitrogens is 1. The van der Waals surface area contributed by atoms with Crippen LogP contribution in [-0.4, -0.2) is 10.9 Å². The minimum Gasteiger partial charge on any atom is -0.436 e. The molecule has 4 aromatic rings. The predicted molar refractivity (Wildman–Crippen MR) is 118 cm³/mol. The molecule has 1 N–H and O–H groups in total. The van der Waals surface area contributed by atoms with Crippen molar-refractivity contribution in [1.82, 2.24) is 4.98 Å². The summed E-state index contributed by atoms with van der Waals surface area (Å²) in [6.45, 7) is 4.38. The zero-order chi connectivity index (χ0) is 20.4. The first-order chi connectivity index (χ1) is 14.0. The molecule has 0 saturated heterocycles. The molecule has 0 spiro atoms. The molecule has 1 atom stereocenters. The van der Waals surface area contributed by atoms with Crippen LogP contribution >= 0.6 is 11.6 Å². The molecule has 0 aliphatic heterocycles. The SMILES string of the molecule is CC[C@@H](C)c1ccc2oc(-c3ccc(NC(=O)c4ccccc4Cl)cc3)nc2c1. The van der Waals surface area contributed by atoms with Crippen LogP contribution in [0, 0.1) is 0 Å². The van der Waals surface area contributed by atoms with Gasteiger partial charge in [-0.25, -0.2) is 4.98 Å². The lowest BCUT2D eigenvalue weighted by Gasteiger charge is -2.07. The number of rotatable bonds is 5. The molecule has 1 heterocycles. The average Bonchev–Trinajstić information content (AvgIpc) is 3.17. The first-order valence-electron chi connectivity index (χ1n) is 9.62. The fourth-order valence-electron chi connectivity index (χ4n) is 3.15. The van der Waals surface area contributed by atoms with E-state index in [-0.39, 0.29) is 5.91 Å². The molecule has 29 heavy (non-hydrogen) atoms. The van der Waals surface area contributed by atoms with Gasteiger partial charge in [0.15, 0.2) is 5.58 Å². The van der Waals surface area contributed by atoms with Crippen LogP contribution in [0.4, 0.5) is 5.69 Å². The average molecular weight is 405 g/mol. The van der Waals surface area contributed by atoms with Crippen molar-refractivity contribution in [2.24, 2.45) is 0 Å². The summed E-state index contributed by atoms with van der Waals surface area (Å²) in [5, 5.41) is 3.28. The lowest BCUT2D eigenvalue weighted by atomic mass is 9.98. The number of anilines is 1. The largest absolute Gasteiger partial charge is 0.436 e. The third-order valence-electron chi connectivity index (χ3n) is 5.10. The Bertz CT molecular complexity index is 1170. The van der Waals surface area contributed by atoms with Gasteiger partial charge in [0.2, 0.25) is 5.89 Å². The second kappa shape index (κ2) is 8.10. The number of carbonyl (C=O) groups is 1. The Hall–Kier alpha value is -3.11. The number of nitrogens with zero attached hydrogens (tertiary/aromatic N) is 1. The van der Waals surface area contributed by atoms with Gasteiger partial charge in [-0.2, -0.15) is 0 Å². The zero-order valence-corrected chi connectivity index (χ0v) is 17.0. The Morgan fingerprint density at radius 1 is 1.10 bits per heavy atom. The van der Waals surface area contributed by atoms with E-state index in [1.165, 1.54) is 5.56 Å². The topological polar surface area (TPSA) is 55.1 Å². The highest BCUT2D eigenvalue weighted by atomic mass is 35.5. The van der Waals surface area contributed by atoms with E-state index in [0.29, 0.717) is 28.1 Å². The zero-order valence-electron chi connectivity index (χ0n) is 16.3. The first-order valence-corrected chi connectivity index (χ1v) is 9.99. The van der Waals surface area contributed by atoms with Gasteiger partial charge < -0.3 is 9.73 Å². The third kappa shape index (κ3) is 4.03. The summed E-state index contributed by atoms with van der Waals surface area (Å²) in [7, 11) is 0. The van der Waals surface area contributed by atoms with Crippen LogP contribution in [0.5, 0.6) is 0 Å². The van der Waals surface area contributed by atoms with Crippen LogP contribution in [0.15, 0.2) is 71.1 Å². The minimum atomic E-state index is -0.247. The van der Waals surface area contributed by atoms with E-state index in [1.54, 1.807) is 24.3 Å². The number of carbonyl (C=O) groups excluding carboxylic acids is 1. The van der Waals surface area contributed by atoms with Crippen molar-refractivity contribution in [3.8, 4) is 11.5 Å². The maximum absolute atomic E-state index is 12.4. The number of fused-ring (bicyclic) bond motifs is 1. The van der Waals surface area contributed by atoms with Gasteiger partial charge in [-0.15, -0.1) is 0 Å². The van der Waals surface area contributed by atoms with E-state index in [2.05, 4.69) is 36.3 Å². The van der Waals surface area contributed by atoms with E-state index in [4.69, 9.17) is 16.0 Å². The van der Waals surface area contributed by atoms with Gasteiger partial charge in [0.25, 0.3) is 5.91 Å². The van der Waals surface area contributed by atoms with Crippen molar-refractivity contribution in [3.05, 3.63) is 82.9 Å². The predicted octanol–water partition coefficient (Wildman–Crippen LogP) is 6.91. The monoisotopic (exact) mass is 404 g/mol. The van der Waals surface area contributed by atoms with Gasteiger partial charge in [0, 0.05) is 11.3 Å². The maximum Gasteiger partial charge on any atom is 0.257 e. The first kappa shape index (κ1) is 19.2. The van der Waals surface area contributed by atoms with E-state index >= 15 is 0 Å². The molecule has 1 amide bonds. The van der Waals surface area contributed by atoms with Crippen LogP contribution < -0.4 is 5.32 Å². The molecule has 0 radical (unpaired) electrons. The fraction of sp³-hybridized carbons (Fsp3) is 0.167. The van der Waals surface area contributed by atoms with E-state index in [9.17, 15) is 4.79 Å². The Labute approximate surface area is 174 Å². The minimum absolute atomic E-state index is 0.247. The Balaban J connectivity index is 1.54. The molecule has 0 aliphatic rings. The summed E-state index contributed by atoms with van der Waals surface area (Å²) in [6, 6.07) is 20.5. The Morgan fingerprint density at radius 2 is 1.86 bits per heavy atom. The third-order valence-corrected chi connectivity index (χ3v) is 5.43. The molecule has 0 aliphatic carbocycles. The number of hydrogen-bond donors (Lipinski definition) is 1. The van der Waals surface area contributed by atoms with Crippen LogP contribution in [0.2, 0.25) is 5.02 Å². The number of hydrogen-bond acceptors (Lipinski definition) is 3. The number of halogens is 1. The van der Waals surface area contributed by atoms with Crippen LogP contribution in [-0.2, 0) is 0 Å². The molecule has 0 fully saturated rings. The molecule has 5 heteroatoms. The molecule has 0 saturated carbocycles. The van der Waals surface area contributed by atoms with Crippen LogP contribution in [0.3, 0.4) is 0 Å². The molecule has 4 nitrogen and oxygen atoms in total. The molecular weight excluding hydrogens is 384 g/mol. The quantitative estimate of drug-likeness (QED) is 0.393. The summed E-state index contributed by atoms with van der Waals surface area (Å²) in [4.78, 5) is 17.0. The van der Waals surface area contributed by atoms with E-state index in [1.807, 2.05) is 30.3 Å². The van der Waals surface area contributed by atoms with Crippen LogP contribution in [0.1, 0.15) is 42.1 Å². The van der Waals surface area contributed by atoms with Gasteiger partial charge in [-0.05, 0) is 66.4 Å². The van der Waals surface area contributed by atoms with Gasteiger partial charge in [-0.3, -0.25) is 4.79 Å². The smallest absolute Gasteiger partial charge is 0.257 e. The number of benzene rings is 3. The van der Waals surface area contributed by atoms with Gasteiger partial charge >= 0.3 is 0 Å². The molecule has 0 unspecified atom stereocenters. The second-order valence-corrected chi connectivity index (χ2v) is 7.47. The lowest BCUT2D eigenvalue weighted by Crippen LogP contribution is -2.12. The number of oxazole rings is 1. The molecular formula is C24H21ClN2O2. The second-order valence-electron chi connectivity index (χ2n) is 7.07. The van der Waals surface area contributed by atoms with Crippen molar-refractivity contribution in [2.45, 2.75) is 26.2 Å². The summed E-state index contributed by atoms with van der Waals surface area (Å²) in [5.41, 5.74) is 4.85. The fourth-order valence-corrected chi connectivity index (χ4v) is 3.37. The molecule has 3 aromatic carbocycles. The van der Waals surface area contributed by atoms with Gasteiger partial charge in [-0.1, -0.05) is 43.6 Å². The number of nitrogens with one attached hydrogen (secondary N) is 1. The standard InChI is InChI=1S/C24H21ClN2O2/c1-3-15(2)17-10-13-22-21(14-17)27-24(29-22)16-8-11-18(12-9-16)26-23(28)19-6-4-5-7-20(19)25/h4-15H,3H2,1-2H3,(H,26,28)/t15-/m1/s1. The highest BCUT2D eigenvalue weighted by Crippen LogP contribution is 2.28. The van der Waals surface area contributed by atoms with Crippen LogP contribution in [0.25, 0.3) is 22.6 Å². The molecule has 146 valence electrons. The van der Waals surface area contributed by atoms with Gasteiger partial charge in [0.1, 0.15) is 5.52 Å². The highest BCUT2D eigenvalue weighted by molar-refractivity contribution is 6.34.